The van der Waals surface area contributed by atoms with Gasteiger partial charge < -0.3 is 14.5 Å². The zero-order valence-electron chi connectivity index (χ0n) is 14.9. The van der Waals surface area contributed by atoms with Crippen LogP contribution < -0.4 is 5.32 Å². The van der Waals surface area contributed by atoms with Gasteiger partial charge in [-0.1, -0.05) is 12.1 Å². The molecule has 1 N–H and O–H groups in total. The first kappa shape index (κ1) is 17.0. The second-order valence-corrected chi connectivity index (χ2v) is 7.25. The van der Waals surface area contributed by atoms with Gasteiger partial charge in [0.15, 0.2) is 5.54 Å². The van der Waals surface area contributed by atoms with Crippen molar-refractivity contribution < 1.29 is 18.8 Å². The summed E-state index contributed by atoms with van der Waals surface area (Å²) in [5.41, 5.74) is 1.60. The van der Waals surface area contributed by atoms with E-state index in [-0.39, 0.29) is 17.4 Å². The number of nitrogens with zero attached hydrogens (tertiary/aromatic N) is 1. The van der Waals surface area contributed by atoms with Gasteiger partial charge in [0.1, 0.15) is 0 Å². The standard InChI is InChI=1S/C19H26N2O3/c1-4-24-17(22)15-9-7-8-14(2)16(15)20-18(23)19(10-11-19)21(3)12-5-6-13-21/h7-9H,4-6,10-13H2,1-3H3/p+1. The quantitative estimate of drug-likeness (QED) is 0.667. The Morgan fingerprint density at radius 2 is 1.92 bits per heavy atom. The van der Waals surface area contributed by atoms with E-state index in [2.05, 4.69) is 12.4 Å². The fourth-order valence-corrected chi connectivity index (χ4v) is 4.03. The molecule has 1 saturated carbocycles. The lowest BCUT2D eigenvalue weighted by Crippen LogP contribution is -2.57. The van der Waals surface area contributed by atoms with Gasteiger partial charge in [0.2, 0.25) is 0 Å². The topological polar surface area (TPSA) is 55.4 Å². The molecule has 1 aliphatic carbocycles. The molecule has 0 aromatic heterocycles. The minimum Gasteiger partial charge on any atom is -0.462 e. The first-order chi connectivity index (χ1) is 11.4. The number of anilines is 1. The minimum absolute atomic E-state index is 0.0479. The summed E-state index contributed by atoms with van der Waals surface area (Å²) in [5, 5.41) is 3.07. The van der Waals surface area contributed by atoms with Crippen LogP contribution in [0.15, 0.2) is 18.2 Å². The molecule has 130 valence electrons. The Labute approximate surface area is 143 Å². The first-order valence-electron chi connectivity index (χ1n) is 8.86. The third-order valence-electron chi connectivity index (χ3n) is 5.74. The number of aryl methyl sites for hydroxylation is 1. The predicted molar refractivity (Wildman–Crippen MR) is 92.9 cm³/mol. The normalized spacial score (nSPS) is 20.5. The SMILES string of the molecule is CCOC(=O)c1cccc(C)c1NC(=O)C1([N+]2(C)CCCC2)CC1. The molecular weight excluding hydrogens is 304 g/mol. The second kappa shape index (κ2) is 6.20. The van der Waals surface area contributed by atoms with Crippen molar-refractivity contribution in [3.05, 3.63) is 29.3 Å². The second-order valence-electron chi connectivity index (χ2n) is 7.25. The molecule has 2 fully saturated rings. The first-order valence-corrected chi connectivity index (χ1v) is 8.86. The highest BCUT2D eigenvalue weighted by atomic mass is 16.5. The van der Waals surface area contributed by atoms with Crippen LogP contribution in [0.3, 0.4) is 0 Å². The summed E-state index contributed by atoms with van der Waals surface area (Å²) in [6, 6.07) is 5.44. The maximum Gasteiger partial charge on any atom is 0.340 e. The van der Waals surface area contributed by atoms with E-state index < -0.39 is 0 Å². The Kier molecular flexibility index (Phi) is 4.38. The fraction of sp³-hybridized carbons (Fsp3) is 0.579. The van der Waals surface area contributed by atoms with E-state index in [1.807, 2.05) is 19.1 Å². The van der Waals surface area contributed by atoms with Crippen molar-refractivity contribution in [1.82, 2.24) is 0 Å². The van der Waals surface area contributed by atoms with Crippen molar-refractivity contribution in [2.24, 2.45) is 0 Å². The van der Waals surface area contributed by atoms with Crippen molar-refractivity contribution in [3.8, 4) is 0 Å². The number of hydrogen-bond acceptors (Lipinski definition) is 3. The molecule has 3 rings (SSSR count). The summed E-state index contributed by atoms with van der Waals surface area (Å²) in [4.78, 5) is 25.3. The van der Waals surface area contributed by atoms with Crippen LogP contribution in [0.1, 0.15) is 48.5 Å². The molecule has 0 atom stereocenters. The van der Waals surface area contributed by atoms with Crippen molar-refractivity contribution >= 4 is 17.6 Å². The number of likely N-dealkylation sites (tertiary alicyclic amines) is 1. The highest BCUT2D eigenvalue weighted by Gasteiger charge is 2.64. The summed E-state index contributed by atoms with van der Waals surface area (Å²) in [5.74, 6) is -0.338. The summed E-state index contributed by atoms with van der Waals surface area (Å²) >= 11 is 0. The lowest BCUT2D eigenvalue weighted by atomic mass is 10.1. The third kappa shape index (κ3) is 2.71. The van der Waals surface area contributed by atoms with E-state index in [4.69, 9.17) is 4.74 Å². The van der Waals surface area contributed by atoms with Gasteiger partial charge in [-0.3, -0.25) is 4.79 Å². The lowest BCUT2D eigenvalue weighted by molar-refractivity contribution is -0.923. The van der Waals surface area contributed by atoms with Gasteiger partial charge in [-0.25, -0.2) is 4.79 Å². The van der Waals surface area contributed by atoms with Crippen molar-refractivity contribution in [2.45, 2.75) is 45.1 Å². The molecule has 5 heteroatoms. The van der Waals surface area contributed by atoms with E-state index in [0.29, 0.717) is 17.9 Å². The molecule has 1 aromatic carbocycles. The third-order valence-corrected chi connectivity index (χ3v) is 5.74. The number of para-hydroxylation sites is 1. The molecule has 1 heterocycles. The summed E-state index contributed by atoms with van der Waals surface area (Å²) in [6.45, 7) is 6.13. The van der Waals surface area contributed by atoms with Crippen molar-refractivity contribution in [1.29, 1.82) is 0 Å². The van der Waals surface area contributed by atoms with Crippen LogP contribution in [0, 0.1) is 6.92 Å². The molecule has 1 aromatic rings. The molecule has 24 heavy (non-hydrogen) atoms. The Hall–Kier alpha value is -1.88. The van der Waals surface area contributed by atoms with E-state index in [1.165, 1.54) is 12.8 Å². The van der Waals surface area contributed by atoms with Crippen LogP contribution in [0.4, 0.5) is 5.69 Å². The van der Waals surface area contributed by atoms with Gasteiger partial charge in [-0.2, -0.15) is 0 Å². The van der Waals surface area contributed by atoms with Crippen LogP contribution >= 0.6 is 0 Å². The monoisotopic (exact) mass is 331 g/mol. The smallest absolute Gasteiger partial charge is 0.340 e. The number of carbonyl (C=O) groups excluding carboxylic acids is 2. The molecular formula is C19H27N2O3+. The van der Waals surface area contributed by atoms with Gasteiger partial charge in [0.25, 0.3) is 5.91 Å². The summed E-state index contributed by atoms with van der Waals surface area (Å²) in [7, 11) is 2.20. The predicted octanol–water partition coefficient (Wildman–Crippen LogP) is 2.88. The molecule has 0 radical (unpaired) electrons. The van der Waals surface area contributed by atoms with E-state index >= 15 is 0 Å². The van der Waals surface area contributed by atoms with E-state index in [9.17, 15) is 9.59 Å². The van der Waals surface area contributed by atoms with Gasteiger partial charge in [0.05, 0.1) is 38.0 Å². The Bertz CT molecular complexity index is 659. The molecule has 2 aliphatic rings. The van der Waals surface area contributed by atoms with Gasteiger partial charge in [-0.15, -0.1) is 0 Å². The largest absolute Gasteiger partial charge is 0.462 e. The maximum atomic E-state index is 13.1. The summed E-state index contributed by atoms with van der Waals surface area (Å²) in [6.07, 6.45) is 4.22. The average Bonchev–Trinajstić information content (AvgIpc) is 3.26. The van der Waals surface area contributed by atoms with E-state index in [1.54, 1.807) is 13.0 Å². The molecule has 1 amide bonds. The van der Waals surface area contributed by atoms with Crippen molar-refractivity contribution in [3.63, 3.8) is 0 Å². The van der Waals surface area contributed by atoms with E-state index in [0.717, 1.165) is 36.0 Å². The molecule has 1 saturated heterocycles. The average molecular weight is 331 g/mol. The van der Waals surface area contributed by atoms with Crippen LogP contribution in [-0.4, -0.2) is 48.6 Å². The number of quaternary nitrogens is 1. The van der Waals surface area contributed by atoms with Gasteiger partial charge >= 0.3 is 5.97 Å². The van der Waals surface area contributed by atoms with Crippen LogP contribution in [0.25, 0.3) is 0 Å². The number of rotatable bonds is 5. The molecule has 1 aliphatic heterocycles. The highest BCUT2D eigenvalue weighted by Crippen LogP contribution is 2.49. The number of hydrogen-bond donors (Lipinski definition) is 1. The number of ether oxygens (including phenoxy) is 1. The molecule has 0 bridgehead atoms. The number of amides is 1. The lowest BCUT2D eigenvalue weighted by Gasteiger charge is -2.37. The number of esters is 1. The number of benzene rings is 1. The van der Waals surface area contributed by atoms with Crippen LogP contribution in [0.5, 0.6) is 0 Å². The minimum atomic E-state index is -0.386. The van der Waals surface area contributed by atoms with Gasteiger partial charge in [0, 0.05) is 25.7 Å². The zero-order chi connectivity index (χ0) is 17.4. The summed E-state index contributed by atoms with van der Waals surface area (Å²) < 4.78 is 5.96. The Morgan fingerprint density at radius 3 is 2.50 bits per heavy atom. The maximum absolute atomic E-state index is 13.1. The number of likely N-dealkylation sites (N-methyl/N-ethyl adjacent to an activating group) is 1. The fourth-order valence-electron chi connectivity index (χ4n) is 4.03. The molecule has 0 unspecified atom stereocenters. The van der Waals surface area contributed by atoms with Crippen LogP contribution in [0.2, 0.25) is 0 Å². The molecule has 0 spiro atoms. The Balaban J connectivity index is 1.86. The number of carbonyl (C=O) groups is 2. The van der Waals surface area contributed by atoms with Gasteiger partial charge in [-0.05, 0) is 25.5 Å². The molecule has 5 nitrogen and oxygen atoms in total. The van der Waals surface area contributed by atoms with Crippen molar-refractivity contribution in [2.75, 3.05) is 32.1 Å². The van der Waals surface area contributed by atoms with Crippen LogP contribution in [-0.2, 0) is 9.53 Å². The number of nitrogens with one attached hydrogen (secondary N) is 1. The zero-order valence-corrected chi connectivity index (χ0v) is 14.9. The highest BCUT2D eigenvalue weighted by molar-refractivity contribution is 6.05. The Morgan fingerprint density at radius 1 is 1.25 bits per heavy atom.